The zero-order chi connectivity index (χ0) is 21.4. The van der Waals surface area contributed by atoms with Crippen LogP contribution in [0.2, 0.25) is 5.02 Å². The molecule has 1 fully saturated rings. The number of benzene rings is 3. The van der Waals surface area contributed by atoms with Gasteiger partial charge in [-0.05, 0) is 48.0 Å². The minimum atomic E-state index is 0.0211. The quantitative estimate of drug-likeness (QED) is 0.540. The largest absolute Gasteiger partial charge is 0.368 e. The molecule has 0 atom stereocenters. The summed E-state index contributed by atoms with van der Waals surface area (Å²) in [7, 11) is 0. The van der Waals surface area contributed by atoms with Gasteiger partial charge in [-0.1, -0.05) is 47.6 Å². The zero-order valence-corrected chi connectivity index (χ0v) is 18.5. The maximum atomic E-state index is 13.2. The third-order valence-electron chi connectivity index (χ3n) is 5.81. The highest BCUT2D eigenvalue weighted by Gasteiger charge is 2.25. The molecule has 0 saturated carbocycles. The summed E-state index contributed by atoms with van der Waals surface area (Å²) in [5, 5.41) is 0.718. The minimum Gasteiger partial charge on any atom is -0.368 e. The highest BCUT2D eigenvalue weighted by molar-refractivity contribution is 7.99. The van der Waals surface area contributed by atoms with Crippen LogP contribution in [0.15, 0.2) is 76.5 Å². The van der Waals surface area contributed by atoms with Gasteiger partial charge in [0.2, 0.25) is 0 Å². The third-order valence-corrected chi connectivity index (χ3v) is 7.24. The average Bonchev–Trinajstić information content (AvgIpc) is 2.94. The summed E-state index contributed by atoms with van der Waals surface area (Å²) >= 11 is 7.71. The summed E-state index contributed by atoms with van der Waals surface area (Å²) in [4.78, 5) is 32.0. The molecule has 0 radical (unpaired) electrons. The molecule has 1 amide bonds. The van der Waals surface area contributed by atoms with Crippen molar-refractivity contribution in [3.05, 3.63) is 88.4 Å². The summed E-state index contributed by atoms with van der Waals surface area (Å²) in [5.41, 5.74) is 3.41. The predicted octanol–water partition coefficient (Wildman–Crippen LogP) is 5.19. The van der Waals surface area contributed by atoms with E-state index < -0.39 is 0 Å². The first-order valence-corrected chi connectivity index (χ1v) is 11.5. The summed E-state index contributed by atoms with van der Waals surface area (Å²) in [6.07, 6.45) is 0.322. The molecule has 4 nitrogen and oxygen atoms in total. The molecule has 31 heavy (non-hydrogen) atoms. The smallest absolute Gasteiger partial charge is 0.253 e. The standard InChI is InChI=1S/C25H21ClN2O2S/c26-19-4-3-5-20(16-19)27-10-12-28(13-11-27)25(30)17-8-9-23-18(14-17)15-22(29)21-6-1-2-7-24(21)31-23/h1-9,14,16H,10-13,15H2. The van der Waals surface area contributed by atoms with Crippen LogP contribution in [0.1, 0.15) is 26.3 Å². The van der Waals surface area contributed by atoms with Crippen molar-refractivity contribution in [1.82, 2.24) is 4.90 Å². The highest BCUT2D eigenvalue weighted by Crippen LogP contribution is 2.37. The summed E-state index contributed by atoms with van der Waals surface area (Å²) in [6, 6.07) is 21.3. The Labute approximate surface area is 190 Å². The van der Waals surface area contributed by atoms with E-state index in [1.54, 1.807) is 11.8 Å². The number of fused-ring (bicyclic) bond motifs is 2. The van der Waals surface area contributed by atoms with Gasteiger partial charge in [-0.3, -0.25) is 9.59 Å². The Balaban J connectivity index is 1.31. The van der Waals surface area contributed by atoms with Crippen molar-refractivity contribution >= 4 is 40.7 Å². The molecule has 0 N–H and O–H groups in total. The van der Waals surface area contributed by atoms with Crippen LogP contribution >= 0.6 is 23.4 Å². The first-order valence-electron chi connectivity index (χ1n) is 10.3. The lowest BCUT2D eigenvalue weighted by atomic mass is 10.0. The molecule has 1 saturated heterocycles. The summed E-state index contributed by atoms with van der Waals surface area (Å²) in [5.74, 6) is 0.120. The molecule has 0 unspecified atom stereocenters. The van der Waals surface area contributed by atoms with Crippen molar-refractivity contribution in [1.29, 1.82) is 0 Å². The topological polar surface area (TPSA) is 40.6 Å². The first-order chi connectivity index (χ1) is 15.1. The van der Waals surface area contributed by atoms with Crippen LogP contribution in [-0.4, -0.2) is 42.8 Å². The van der Waals surface area contributed by atoms with Crippen LogP contribution in [0, 0.1) is 0 Å². The van der Waals surface area contributed by atoms with E-state index in [-0.39, 0.29) is 11.7 Å². The van der Waals surface area contributed by atoms with Gasteiger partial charge in [-0.25, -0.2) is 0 Å². The summed E-state index contributed by atoms with van der Waals surface area (Å²) < 4.78 is 0. The lowest BCUT2D eigenvalue weighted by molar-refractivity contribution is 0.0746. The second-order valence-corrected chi connectivity index (χ2v) is 9.30. The second-order valence-electron chi connectivity index (χ2n) is 7.78. The van der Waals surface area contributed by atoms with Gasteiger partial charge in [0.1, 0.15) is 0 Å². The number of hydrogen-bond donors (Lipinski definition) is 0. The Hall–Kier alpha value is -2.76. The Kier molecular flexibility index (Phi) is 5.47. The van der Waals surface area contributed by atoms with Crippen LogP contribution in [0.5, 0.6) is 0 Å². The number of amides is 1. The zero-order valence-electron chi connectivity index (χ0n) is 16.9. The van der Waals surface area contributed by atoms with Crippen LogP contribution in [0.4, 0.5) is 5.69 Å². The molecule has 2 heterocycles. The third kappa shape index (κ3) is 4.08. The fourth-order valence-corrected chi connectivity index (χ4v) is 5.40. The van der Waals surface area contributed by atoms with Gasteiger partial charge in [0.05, 0.1) is 0 Å². The lowest BCUT2D eigenvalue weighted by Crippen LogP contribution is -2.48. The minimum absolute atomic E-state index is 0.0211. The number of Topliss-reactive ketones (excluding diaryl/α,β-unsaturated/α-hetero) is 1. The molecule has 3 aromatic carbocycles. The van der Waals surface area contributed by atoms with E-state index in [1.807, 2.05) is 71.6 Å². The van der Waals surface area contributed by atoms with E-state index in [9.17, 15) is 9.59 Å². The van der Waals surface area contributed by atoms with Gasteiger partial charge in [0, 0.05) is 64.2 Å². The average molecular weight is 449 g/mol. The molecule has 0 aromatic heterocycles. The fourth-order valence-electron chi connectivity index (χ4n) is 4.15. The normalized spacial score (nSPS) is 15.8. The van der Waals surface area contributed by atoms with E-state index in [0.717, 1.165) is 44.7 Å². The molecule has 5 rings (SSSR count). The van der Waals surface area contributed by atoms with E-state index in [0.29, 0.717) is 25.1 Å². The highest BCUT2D eigenvalue weighted by atomic mass is 35.5. The van der Waals surface area contributed by atoms with Gasteiger partial charge in [0.15, 0.2) is 5.78 Å². The molecular weight excluding hydrogens is 428 g/mol. The molecule has 0 spiro atoms. The molecule has 156 valence electrons. The van der Waals surface area contributed by atoms with Crippen molar-refractivity contribution in [3.8, 4) is 0 Å². The fraction of sp³-hybridized carbons (Fsp3) is 0.200. The molecule has 2 aliphatic rings. The van der Waals surface area contributed by atoms with Crippen molar-refractivity contribution in [2.24, 2.45) is 0 Å². The summed E-state index contributed by atoms with van der Waals surface area (Å²) in [6.45, 7) is 2.84. The maximum absolute atomic E-state index is 13.2. The molecule has 0 bridgehead atoms. The van der Waals surface area contributed by atoms with Gasteiger partial charge in [0.25, 0.3) is 5.91 Å². The van der Waals surface area contributed by atoms with Gasteiger partial charge in [-0.15, -0.1) is 0 Å². The molecule has 2 aliphatic heterocycles. The number of hydrogen-bond acceptors (Lipinski definition) is 4. The van der Waals surface area contributed by atoms with E-state index >= 15 is 0 Å². The monoisotopic (exact) mass is 448 g/mol. The van der Waals surface area contributed by atoms with Crippen LogP contribution < -0.4 is 4.90 Å². The van der Waals surface area contributed by atoms with Crippen LogP contribution in [0.3, 0.4) is 0 Å². The SMILES string of the molecule is O=C1Cc2cc(C(=O)N3CCN(c4cccc(Cl)c4)CC3)ccc2Sc2ccccc21. The van der Waals surface area contributed by atoms with E-state index in [4.69, 9.17) is 11.6 Å². The first kappa shape index (κ1) is 20.2. The lowest BCUT2D eigenvalue weighted by Gasteiger charge is -2.36. The molecule has 0 aliphatic carbocycles. The van der Waals surface area contributed by atoms with Crippen LogP contribution in [-0.2, 0) is 6.42 Å². The number of carbonyl (C=O) groups is 2. The van der Waals surface area contributed by atoms with Gasteiger partial charge < -0.3 is 9.80 Å². The van der Waals surface area contributed by atoms with Crippen molar-refractivity contribution in [3.63, 3.8) is 0 Å². The number of rotatable bonds is 2. The Bertz CT molecular complexity index is 1170. The number of carbonyl (C=O) groups excluding carboxylic acids is 2. The van der Waals surface area contributed by atoms with Gasteiger partial charge in [-0.2, -0.15) is 0 Å². The number of nitrogens with zero attached hydrogens (tertiary/aromatic N) is 2. The van der Waals surface area contributed by atoms with Crippen LogP contribution in [0.25, 0.3) is 0 Å². The maximum Gasteiger partial charge on any atom is 0.253 e. The van der Waals surface area contributed by atoms with Crippen molar-refractivity contribution < 1.29 is 9.59 Å². The molecule has 3 aromatic rings. The molecular formula is C25H21ClN2O2S. The number of piperazine rings is 1. The van der Waals surface area contributed by atoms with E-state index in [2.05, 4.69) is 4.90 Å². The number of anilines is 1. The van der Waals surface area contributed by atoms with E-state index in [1.165, 1.54) is 0 Å². The number of ketones is 1. The number of halogens is 1. The predicted molar refractivity (Wildman–Crippen MR) is 125 cm³/mol. The Morgan fingerprint density at radius 2 is 1.68 bits per heavy atom. The van der Waals surface area contributed by atoms with Gasteiger partial charge >= 0.3 is 0 Å². The van der Waals surface area contributed by atoms with Crippen molar-refractivity contribution in [2.45, 2.75) is 16.2 Å². The molecule has 6 heteroatoms. The Morgan fingerprint density at radius 3 is 2.48 bits per heavy atom. The second kappa shape index (κ2) is 8.40. The Morgan fingerprint density at radius 1 is 0.871 bits per heavy atom. The van der Waals surface area contributed by atoms with Crippen molar-refractivity contribution in [2.75, 3.05) is 31.1 Å².